The summed E-state index contributed by atoms with van der Waals surface area (Å²) < 4.78 is 48.9. The fourth-order valence-electron chi connectivity index (χ4n) is 1.56. The van der Waals surface area contributed by atoms with Gasteiger partial charge in [-0.05, 0) is 18.8 Å². The maximum Gasteiger partial charge on any atom is 0.433 e. The maximum absolute atomic E-state index is 12.3. The molecular weight excluding hydrogens is 198 g/mol. The minimum Gasteiger partial charge on any atom is -0.366 e. The lowest BCUT2D eigenvalue weighted by Gasteiger charge is -2.33. The second-order valence-corrected chi connectivity index (χ2v) is 3.66. The highest BCUT2D eigenvalue weighted by molar-refractivity contribution is 5.05. The molecule has 1 nitrogen and oxygen atoms in total. The number of rotatable bonds is 1. The molecule has 1 rings (SSSR count). The van der Waals surface area contributed by atoms with Crippen molar-refractivity contribution in [2.24, 2.45) is 5.92 Å². The molecule has 0 amide bonds. The van der Waals surface area contributed by atoms with E-state index in [1.807, 2.05) is 6.92 Å². The fraction of sp³-hybridized carbons (Fsp3) is 0.778. The first-order chi connectivity index (χ1) is 6.45. The van der Waals surface area contributed by atoms with Gasteiger partial charge in [0.25, 0.3) is 0 Å². The van der Waals surface area contributed by atoms with E-state index in [0.717, 1.165) is 4.90 Å². The molecule has 0 spiro atoms. The van der Waals surface area contributed by atoms with E-state index in [9.17, 15) is 17.6 Å². The Morgan fingerprint density at radius 3 is 2.14 bits per heavy atom. The van der Waals surface area contributed by atoms with Gasteiger partial charge in [0.15, 0.2) is 0 Å². The maximum atomic E-state index is 12.3. The summed E-state index contributed by atoms with van der Waals surface area (Å²) in [4.78, 5) is 1.07. The van der Waals surface area contributed by atoms with Crippen molar-refractivity contribution in [1.82, 2.24) is 4.90 Å². The van der Waals surface area contributed by atoms with Gasteiger partial charge in [0, 0.05) is 13.1 Å². The van der Waals surface area contributed by atoms with Gasteiger partial charge < -0.3 is 4.90 Å². The lowest BCUT2D eigenvalue weighted by Crippen LogP contribution is -2.37. The molecule has 1 saturated heterocycles. The average molecular weight is 211 g/mol. The van der Waals surface area contributed by atoms with Crippen molar-refractivity contribution >= 4 is 0 Å². The van der Waals surface area contributed by atoms with Crippen LogP contribution in [-0.4, -0.2) is 24.2 Å². The number of halogens is 4. The molecule has 0 atom stereocenters. The van der Waals surface area contributed by atoms with E-state index in [0.29, 0.717) is 18.8 Å². The lowest BCUT2D eigenvalue weighted by atomic mass is 9.99. The van der Waals surface area contributed by atoms with E-state index in [1.165, 1.54) is 0 Å². The van der Waals surface area contributed by atoms with Gasteiger partial charge >= 0.3 is 6.18 Å². The Morgan fingerprint density at radius 1 is 1.29 bits per heavy atom. The van der Waals surface area contributed by atoms with Gasteiger partial charge in [0.05, 0.1) is 0 Å². The summed E-state index contributed by atoms with van der Waals surface area (Å²) in [6.07, 6.45) is -3.54. The smallest absolute Gasteiger partial charge is 0.366 e. The second kappa shape index (κ2) is 4.19. The highest BCUT2D eigenvalue weighted by Gasteiger charge is 2.38. The molecule has 1 aliphatic rings. The van der Waals surface area contributed by atoms with E-state index in [1.54, 1.807) is 0 Å². The van der Waals surface area contributed by atoms with E-state index >= 15 is 0 Å². The van der Waals surface area contributed by atoms with E-state index < -0.39 is 11.9 Å². The normalized spacial score (nSPS) is 21.5. The number of likely N-dealkylation sites (tertiary alicyclic amines) is 1. The van der Waals surface area contributed by atoms with Gasteiger partial charge in [0.2, 0.25) is 0 Å². The van der Waals surface area contributed by atoms with Crippen LogP contribution in [0, 0.1) is 5.92 Å². The van der Waals surface area contributed by atoms with Crippen LogP contribution in [0.2, 0.25) is 0 Å². The Kier molecular flexibility index (Phi) is 3.39. The van der Waals surface area contributed by atoms with Crippen LogP contribution in [-0.2, 0) is 0 Å². The van der Waals surface area contributed by atoms with E-state index in [-0.39, 0.29) is 19.4 Å². The molecule has 0 aromatic heterocycles. The Morgan fingerprint density at radius 2 is 1.79 bits per heavy atom. The van der Waals surface area contributed by atoms with E-state index in [4.69, 9.17) is 0 Å². The third kappa shape index (κ3) is 2.62. The Balaban J connectivity index is 2.64. The molecule has 0 bridgehead atoms. The van der Waals surface area contributed by atoms with Gasteiger partial charge in [0.1, 0.15) is 12.0 Å². The average Bonchev–Trinajstić information content (AvgIpc) is 2.07. The molecule has 0 N–H and O–H groups in total. The third-order valence-corrected chi connectivity index (χ3v) is 2.52. The van der Waals surface area contributed by atoms with E-state index in [2.05, 4.69) is 0 Å². The van der Waals surface area contributed by atoms with Crippen LogP contribution in [0.15, 0.2) is 12.0 Å². The van der Waals surface area contributed by atoms with Gasteiger partial charge in [-0.1, -0.05) is 6.92 Å². The van der Waals surface area contributed by atoms with Crippen LogP contribution in [0.1, 0.15) is 19.8 Å². The molecule has 0 aromatic rings. The quantitative estimate of drug-likeness (QED) is 0.602. The Hall–Kier alpha value is -0.740. The highest BCUT2D eigenvalue weighted by Crippen LogP contribution is 2.31. The second-order valence-electron chi connectivity index (χ2n) is 3.66. The van der Waals surface area contributed by atoms with Crippen molar-refractivity contribution in [1.29, 1.82) is 0 Å². The molecule has 0 aliphatic carbocycles. The zero-order valence-corrected chi connectivity index (χ0v) is 7.94. The number of nitrogens with zero attached hydrogens (tertiary/aromatic N) is 1. The van der Waals surface area contributed by atoms with Gasteiger partial charge in [-0.15, -0.1) is 0 Å². The standard InChI is InChI=1S/C9H13F4N/c1-7-2-4-14(5-3-7)8(6-10)9(11,12)13/h6-7H,2-5H2,1H3/b8-6-. The SMILES string of the molecule is CC1CCN(/C(=C\F)C(F)(F)F)CC1. The molecule has 0 unspecified atom stereocenters. The molecule has 1 aliphatic heterocycles. The van der Waals surface area contributed by atoms with Crippen LogP contribution < -0.4 is 0 Å². The predicted molar refractivity (Wildman–Crippen MR) is 45.2 cm³/mol. The predicted octanol–water partition coefficient (Wildman–Crippen LogP) is 3.09. The molecule has 14 heavy (non-hydrogen) atoms. The number of alkyl halides is 3. The minimum absolute atomic E-state index is 0.288. The first-order valence-electron chi connectivity index (χ1n) is 4.57. The summed E-state index contributed by atoms with van der Waals surface area (Å²) in [6.45, 7) is 2.57. The third-order valence-electron chi connectivity index (χ3n) is 2.52. The number of allylic oxidation sites excluding steroid dienone is 1. The van der Waals surface area contributed by atoms with Crippen LogP contribution in [0.25, 0.3) is 0 Å². The van der Waals surface area contributed by atoms with Crippen molar-refractivity contribution in [3.05, 3.63) is 12.0 Å². The summed E-state index contributed by atoms with van der Waals surface area (Å²) in [5, 5.41) is 0. The summed E-state index contributed by atoms with van der Waals surface area (Å²) in [6, 6.07) is 0. The van der Waals surface area contributed by atoms with Gasteiger partial charge in [-0.25, -0.2) is 4.39 Å². The largest absolute Gasteiger partial charge is 0.433 e. The molecule has 1 heterocycles. The summed E-state index contributed by atoms with van der Waals surface area (Å²) in [5.41, 5.74) is -1.15. The highest BCUT2D eigenvalue weighted by atomic mass is 19.4. The molecule has 1 fully saturated rings. The van der Waals surface area contributed by atoms with Crippen molar-refractivity contribution in [3.8, 4) is 0 Å². The Labute approximate surface area is 80.4 Å². The minimum atomic E-state index is -4.57. The van der Waals surface area contributed by atoms with Crippen molar-refractivity contribution < 1.29 is 17.6 Å². The molecular formula is C9H13F4N. The van der Waals surface area contributed by atoms with Gasteiger partial charge in [-0.3, -0.25) is 0 Å². The summed E-state index contributed by atoms with van der Waals surface area (Å²) >= 11 is 0. The van der Waals surface area contributed by atoms with Crippen LogP contribution in [0.3, 0.4) is 0 Å². The van der Waals surface area contributed by atoms with Crippen molar-refractivity contribution in [2.45, 2.75) is 25.9 Å². The van der Waals surface area contributed by atoms with Crippen LogP contribution >= 0.6 is 0 Å². The van der Waals surface area contributed by atoms with Gasteiger partial charge in [-0.2, -0.15) is 13.2 Å². The van der Waals surface area contributed by atoms with Crippen molar-refractivity contribution in [2.75, 3.05) is 13.1 Å². The summed E-state index contributed by atoms with van der Waals surface area (Å²) in [5.74, 6) is 0.431. The summed E-state index contributed by atoms with van der Waals surface area (Å²) in [7, 11) is 0. The Bertz CT molecular complexity index is 213. The first kappa shape index (κ1) is 11.3. The molecule has 0 aromatic carbocycles. The fourth-order valence-corrected chi connectivity index (χ4v) is 1.56. The molecule has 0 saturated carbocycles. The van der Waals surface area contributed by atoms with Crippen LogP contribution in [0.4, 0.5) is 17.6 Å². The lowest BCUT2D eigenvalue weighted by molar-refractivity contribution is -0.114. The topological polar surface area (TPSA) is 3.24 Å². The zero-order chi connectivity index (χ0) is 10.8. The van der Waals surface area contributed by atoms with Crippen LogP contribution in [0.5, 0.6) is 0 Å². The first-order valence-corrected chi connectivity index (χ1v) is 4.57. The number of hydrogen-bond acceptors (Lipinski definition) is 1. The molecule has 82 valence electrons. The number of piperidine rings is 1. The molecule has 5 heteroatoms. The van der Waals surface area contributed by atoms with Crippen molar-refractivity contribution in [3.63, 3.8) is 0 Å². The monoisotopic (exact) mass is 211 g/mol. The zero-order valence-electron chi connectivity index (χ0n) is 7.94. The number of hydrogen-bond donors (Lipinski definition) is 0. The molecule has 0 radical (unpaired) electrons.